The zero-order valence-electron chi connectivity index (χ0n) is 30.3. The zero-order chi connectivity index (χ0) is 37.0. The zero-order valence-corrected chi connectivity index (χ0v) is 30.3. The van der Waals surface area contributed by atoms with Crippen molar-refractivity contribution in [2.24, 2.45) is 0 Å². The summed E-state index contributed by atoms with van der Waals surface area (Å²) in [4.78, 5) is 10.5. The van der Waals surface area contributed by atoms with Gasteiger partial charge < -0.3 is 8.98 Å². The average Bonchev–Trinajstić information content (AvgIpc) is 3.86. The summed E-state index contributed by atoms with van der Waals surface area (Å²) in [6.07, 6.45) is 0. The molecule has 3 aromatic heterocycles. The van der Waals surface area contributed by atoms with E-state index in [1.165, 1.54) is 21.9 Å². The van der Waals surface area contributed by atoms with E-state index in [9.17, 15) is 0 Å². The van der Waals surface area contributed by atoms with Crippen LogP contribution in [0.2, 0.25) is 0 Å². The number of benzene rings is 8. The van der Waals surface area contributed by atoms with E-state index in [4.69, 9.17) is 14.4 Å². The van der Waals surface area contributed by atoms with E-state index in [0.717, 1.165) is 77.9 Å². The molecule has 0 fully saturated rings. The van der Waals surface area contributed by atoms with Crippen molar-refractivity contribution in [3.05, 3.63) is 200 Å². The monoisotopic (exact) mass is 715 g/mol. The van der Waals surface area contributed by atoms with Gasteiger partial charge in [0.25, 0.3) is 0 Å². The first-order chi connectivity index (χ1) is 27.7. The SMILES string of the molecule is c1ccc(-c2ccc3cc(-c4cc(-c5ccc(-c6cc7ccccc7o6)cc5)nc(-c5ccc6c(c5)c5ccccc5n6-c5ccccc5)n4)ccc3c2)cc1. The first-order valence-electron chi connectivity index (χ1n) is 18.9. The number of nitrogens with zero attached hydrogens (tertiary/aromatic N) is 3. The number of hydrogen-bond donors (Lipinski definition) is 0. The highest BCUT2D eigenvalue weighted by Gasteiger charge is 2.17. The number of hydrogen-bond acceptors (Lipinski definition) is 3. The fourth-order valence-electron chi connectivity index (χ4n) is 7.98. The largest absolute Gasteiger partial charge is 0.456 e. The van der Waals surface area contributed by atoms with Crippen molar-refractivity contribution in [1.29, 1.82) is 0 Å². The van der Waals surface area contributed by atoms with Crippen molar-refractivity contribution < 1.29 is 4.42 Å². The van der Waals surface area contributed by atoms with Crippen molar-refractivity contribution in [2.45, 2.75) is 0 Å². The lowest BCUT2D eigenvalue weighted by Crippen LogP contribution is -1.96. The third-order valence-corrected chi connectivity index (χ3v) is 10.8. The summed E-state index contributed by atoms with van der Waals surface area (Å²) < 4.78 is 8.52. The highest BCUT2D eigenvalue weighted by atomic mass is 16.3. The Kier molecular flexibility index (Phi) is 7.46. The van der Waals surface area contributed by atoms with Gasteiger partial charge in [0.2, 0.25) is 0 Å². The minimum Gasteiger partial charge on any atom is -0.456 e. The number of aromatic nitrogens is 3. The third-order valence-electron chi connectivity index (χ3n) is 10.8. The molecule has 8 aromatic carbocycles. The third kappa shape index (κ3) is 5.55. The highest BCUT2D eigenvalue weighted by Crippen LogP contribution is 2.37. The van der Waals surface area contributed by atoms with Crippen LogP contribution in [-0.4, -0.2) is 14.5 Å². The van der Waals surface area contributed by atoms with E-state index < -0.39 is 0 Å². The standard InChI is InChI=1S/C52H33N3O/c1-3-11-34(12-4-1)37-23-24-39-30-40(26-25-38(39)29-37)47-33-46(35-19-21-36(22-20-35)51-32-41-13-7-10-18-50(41)56-51)53-52(54-47)42-27-28-49-45(31-42)44-16-8-9-17-48(44)55(49)43-14-5-2-6-15-43/h1-33H. The Morgan fingerprint density at radius 3 is 1.77 bits per heavy atom. The minimum absolute atomic E-state index is 0.678. The van der Waals surface area contributed by atoms with Gasteiger partial charge in [0.1, 0.15) is 11.3 Å². The van der Waals surface area contributed by atoms with Gasteiger partial charge in [0.15, 0.2) is 5.82 Å². The molecule has 0 amide bonds. The molecule has 0 saturated heterocycles. The summed E-state index contributed by atoms with van der Waals surface area (Å²) in [6.45, 7) is 0. The second kappa shape index (κ2) is 13.1. The Morgan fingerprint density at radius 2 is 0.964 bits per heavy atom. The van der Waals surface area contributed by atoms with Gasteiger partial charge in [0.05, 0.1) is 22.4 Å². The second-order valence-corrected chi connectivity index (χ2v) is 14.3. The lowest BCUT2D eigenvalue weighted by molar-refractivity contribution is 0.631. The minimum atomic E-state index is 0.678. The molecule has 0 unspecified atom stereocenters. The van der Waals surface area contributed by atoms with Crippen LogP contribution in [0.1, 0.15) is 0 Å². The van der Waals surface area contributed by atoms with Gasteiger partial charge in [0, 0.05) is 44.1 Å². The van der Waals surface area contributed by atoms with Crippen molar-refractivity contribution in [2.75, 3.05) is 0 Å². The van der Waals surface area contributed by atoms with Crippen LogP contribution >= 0.6 is 0 Å². The highest BCUT2D eigenvalue weighted by molar-refractivity contribution is 6.10. The van der Waals surface area contributed by atoms with Crippen molar-refractivity contribution in [1.82, 2.24) is 14.5 Å². The lowest BCUT2D eigenvalue weighted by atomic mass is 9.98. The molecule has 56 heavy (non-hydrogen) atoms. The predicted octanol–water partition coefficient (Wildman–Crippen LogP) is 13.8. The van der Waals surface area contributed by atoms with Crippen LogP contribution in [0.3, 0.4) is 0 Å². The maximum Gasteiger partial charge on any atom is 0.160 e. The molecule has 3 heterocycles. The molecule has 0 aliphatic rings. The normalized spacial score (nSPS) is 11.6. The van der Waals surface area contributed by atoms with E-state index in [2.05, 4.69) is 187 Å². The molecule has 11 aromatic rings. The Hall–Kier alpha value is -7.56. The van der Waals surface area contributed by atoms with Crippen LogP contribution in [0.15, 0.2) is 205 Å². The van der Waals surface area contributed by atoms with E-state index in [0.29, 0.717) is 5.82 Å². The Bertz CT molecular complexity index is 3200. The molecular weight excluding hydrogens is 683 g/mol. The molecular formula is C52H33N3O. The molecule has 0 spiro atoms. The van der Waals surface area contributed by atoms with Gasteiger partial charge in [-0.25, -0.2) is 9.97 Å². The van der Waals surface area contributed by atoms with Crippen molar-refractivity contribution >= 4 is 43.5 Å². The van der Waals surface area contributed by atoms with Gasteiger partial charge >= 0.3 is 0 Å². The van der Waals surface area contributed by atoms with Crippen LogP contribution in [-0.2, 0) is 0 Å². The molecule has 4 nitrogen and oxygen atoms in total. The average molecular weight is 716 g/mol. The maximum atomic E-state index is 6.19. The molecule has 0 aliphatic heterocycles. The molecule has 262 valence electrons. The molecule has 0 N–H and O–H groups in total. The van der Waals surface area contributed by atoms with Crippen LogP contribution in [0.4, 0.5) is 0 Å². The van der Waals surface area contributed by atoms with E-state index in [1.807, 2.05) is 18.2 Å². The molecule has 11 rings (SSSR count). The van der Waals surface area contributed by atoms with Crippen LogP contribution in [0, 0.1) is 0 Å². The smallest absolute Gasteiger partial charge is 0.160 e. The van der Waals surface area contributed by atoms with Crippen molar-refractivity contribution in [3.8, 4) is 62.0 Å². The molecule has 0 aliphatic carbocycles. The molecule has 0 saturated carbocycles. The van der Waals surface area contributed by atoms with Gasteiger partial charge in [-0.05, 0) is 88.6 Å². The molecule has 4 heteroatoms. The fourth-order valence-corrected chi connectivity index (χ4v) is 7.98. The van der Waals surface area contributed by atoms with Crippen LogP contribution in [0.25, 0.3) is 106 Å². The molecule has 0 radical (unpaired) electrons. The van der Waals surface area contributed by atoms with Crippen LogP contribution in [0.5, 0.6) is 0 Å². The number of furan rings is 1. The maximum absolute atomic E-state index is 6.19. The van der Waals surface area contributed by atoms with E-state index >= 15 is 0 Å². The summed E-state index contributed by atoms with van der Waals surface area (Å²) in [5.74, 6) is 1.52. The first kappa shape index (κ1) is 31.9. The first-order valence-corrected chi connectivity index (χ1v) is 18.9. The second-order valence-electron chi connectivity index (χ2n) is 14.3. The summed E-state index contributed by atoms with van der Waals surface area (Å²) >= 11 is 0. The lowest BCUT2D eigenvalue weighted by Gasteiger charge is -2.12. The topological polar surface area (TPSA) is 43.9 Å². The van der Waals surface area contributed by atoms with Crippen LogP contribution < -0.4 is 0 Å². The Labute approximate surface area is 323 Å². The Balaban J connectivity index is 1.05. The van der Waals surface area contributed by atoms with Gasteiger partial charge in [-0.15, -0.1) is 0 Å². The summed E-state index contributed by atoms with van der Waals surface area (Å²) in [5, 5.41) is 5.79. The summed E-state index contributed by atoms with van der Waals surface area (Å²) in [6, 6.07) is 70.3. The molecule has 0 atom stereocenters. The van der Waals surface area contributed by atoms with Gasteiger partial charge in [-0.2, -0.15) is 0 Å². The number of fused-ring (bicyclic) bond motifs is 5. The van der Waals surface area contributed by atoms with E-state index in [1.54, 1.807) is 0 Å². The quantitative estimate of drug-likeness (QED) is 0.172. The van der Waals surface area contributed by atoms with Gasteiger partial charge in [-0.3, -0.25) is 0 Å². The van der Waals surface area contributed by atoms with Crippen molar-refractivity contribution in [3.63, 3.8) is 0 Å². The predicted molar refractivity (Wildman–Crippen MR) is 231 cm³/mol. The summed E-state index contributed by atoms with van der Waals surface area (Å²) in [5.41, 5.74) is 12.5. The fraction of sp³-hybridized carbons (Fsp3) is 0. The summed E-state index contributed by atoms with van der Waals surface area (Å²) in [7, 11) is 0. The number of rotatable bonds is 6. The van der Waals surface area contributed by atoms with Gasteiger partial charge in [-0.1, -0.05) is 133 Å². The number of para-hydroxylation sites is 3. The Morgan fingerprint density at radius 1 is 0.357 bits per heavy atom. The van der Waals surface area contributed by atoms with E-state index in [-0.39, 0.29) is 0 Å². The molecule has 0 bridgehead atoms.